The van der Waals surface area contributed by atoms with E-state index < -0.39 is 40.7 Å². The molecule has 30 heavy (non-hydrogen) atoms. The Morgan fingerprint density at radius 1 is 1.13 bits per heavy atom. The maximum absolute atomic E-state index is 12.7. The number of rotatable bonds is 5. The third-order valence-corrected chi connectivity index (χ3v) is 9.04. The van der Waals surface area contributed by atoms with E-state index in [4.69, 9.17) is 18.9 Å². The molecule has 0 radical (unpaired) electrons. The number of carbonyl (C=O) groups is 1. The minimum Gasteiger partial charge on any atom is -0.462 e. The molecular weight excluding hydrogens is 392 g/mol. The Labute approximate surface area is 177 Å². The molecule has 0 aromatic heterocycles. The molecule has 4 rings (SSSR count). The Kier molecular flexibility index (Phi) is 5.32. The summed E-state index contributed by atoms with van der Waals surface area (Å²) in [4.78, 5) is 12.7. The van der Waals surface area contributed by atoms with Crippen molar-refractivity contribution in [2.75, 3.05) is 14.2 Å². The highest BCUT2D eigenvalue weighted by Gasteiger charge is 2.71. The maximum Gasteiger partial charge on any atom is 0.312 e. The van der Waals surface area contributed by atoms with Crippen LogP contribution in [0.1, 0.15) is 59.3 Å². The highest BCUT2D eigenvalue weighted by molar-refractivity contribution is 5.80. The first kappa shape index (κ1) is 22.4. The van der Waals surface area contributed by atoms with Gasteiger partial charge in [0.2, 0.25) is 0 Å². The second kappa shape index (κ2) is 7.12. The van der Waals surface area contributed by atoms with Crippen molar-refractivity contribution in [1.82, 2.24) is 0 Å². The second-order valence-electron chi connectivity index (χ2n) is 10.4. The van der Waals surface area contributed by atoms with E-state index in [2.05, 4.69) is 6.92 Å². The maximum atomic E-state index is 12.7. The molecule has 8 heteroatoms. The van der Waals surface area contributed by atoms with Gasteiger partial charge in [0.05, 0.1) is 11.0 Å². The van der Waals surface area contributed by atoms with Crippen molar-refractivity contribution in [2.45, 2.75) is 95.3 Å². The normalized spacial score (nSPS) is 55.4. The molecule has 2 saturated carbocycles. The summed E-state index contributed by atoms with van der Waals surface area (Å²) in [5, 5.41) is 34.0. The third-order valence-electron chi connectivity index (χ3n) is 9.04. The third kappa shape index (κ3) is 2.70. The van der Waals surface area contributed by atoms with Gasteiger partial charge in [0.15, 0.2) is 12.6 Å². The van der Waals surface area contributed by atoms with Gasteiger partial charge in [0.25, 0.3) is 0 Å². The number of esters is 1. The van der Waals surface area contributed by atoms with Crippen LogP contribution in [-0.2, 0) is 23.7 Å². The molecule has 172 valence electrons. The SMILES string of the molecule is COC1OC(OC)C(O)(CC[C@@]2(O)[C@H](C)C[C@H]3OC(=O)[C@@]4(C)CCC[C@]2(C)C34)C1O. The number of ether oxygens (including phenoxy) is 4. The fourth-order valence-corrected chi connectivity index (χ4v) is 7.32. The van der Waals surface area contributed by atoms with Gasteiger partial charge in [-0.25, -0.2) is 0 Å². The van der Waals surface area contributed by atoms with E-state index in [0.29, 0.717) is 6.42 Å². The highest BCUT2D eigenvalue weighted by atomic mass is 16.8. The Morgan fingerprint density at radius 3 is 2.47 bits per heavy atom. The fourth-order valence-electron chi connectivity index (χ4n) is 7.32. The van der Waals surface area contributed by atoms with Crippen molar-refractivity contribution >= 4 is 5.97 Å². The number of aliphatic hydroxyl groups excluding tert-OH is 1. The Balaban J connectivity index is 1.64. The molecular formula is C22H36O8. The van der Waals surface area contributed by atoms with Gasteiger partial charge in [0.1, 0.15) is 17.8 Å². The van der Waals surface area contributed by atoms with E-state index in [1.54, 1.807) is 0 Å². The lowest BCUT2D eigenvalue weighted by Crippen LogP contribution is -2.65. The van der Waals surface area contributed by atoms with Gasteiger partial charge < -0.3 is 34.3 Å². The topological polar surface area (TPSA) is 115 Å². The molecule has 5 unspecified atom stereocenters. The van der Waals surface area contributed by atoms with Crippen molar-refractivity contribution in [2.24, 2.45) is 22.7 Å². The van der Waals surface area contributed by atoms with Gasteiger partial charge in [-0.1, -0.05) is 20.3 Å². The van der Waals surface area contributed by atoms with Crippen LogP contribution in [0.15, 0.2) is 0 Å². The molecule has 2 heterocycles. The predicted octanol–water partition coefficient (Wildman–Crippen LogP) is 1.34. The summed E-state index contributed by atoms with van der Waals surface area (Å²) >= 11 is 0. The van der Waals surface area contributed by atoms with Crippen LogP contribution >= 0.6 is 0 Å². The van der Waals surface area contributed by atoms with E-state index >= 15 is 0 Å². The van der Waals surface area contributed by atoms with Crippen LogP contribution in [0, 0.1) is 22.7 Å². The average Bonchev–Trinajstić information content (AvgIpc) is 3.10. The molecule has 10 atom stereocenters. The monoisotopic (exact) mass is 428 g/mol. The Bertz CT molecular complexity index is 697. The van der Waals surface area contributed by atoms with E-state index in [1.807, 2.05) is 13.8 Å². The molecule has 2 aliphatic carbocycles. The molecule has 0 aromatic carbocycles. The number of carbonyl (C=O) groups excluding carboxylic acids is 1. The van der Waals surface area contributed by atoms with E-state index in [0.717, 1.165) is 19.3 Å². The smallest absolute Gasteiger partial charge is 0.312 e. The lowest BCUT2D eigenvalue weighted by atomic mass is 9.44. The van der Waals surface area contributed by atoms with Crippen molar-refractivity contribution in [3.63, 3.8) is 0 Å². The first-order chi connectivity index (χ1) is 14.0. The molecule has 0 aromatic rings. The van der Waals surface area contributed by atoms with Crippen molar-refractivity contribution in [1.29, 1.82) is 0 Å². The van der Waals surface area contributed by atoms with E-state index in [-0.39, 0.29) is 36.8 Å². The van der Waals surface area contributed by atoms with Crippen LogP contribution in [0.5, 0.6) is 0 Å². The number of hydrogen-bond donors (Lipinski definition) is 3. The summed E-state index contributed by atoms with van der Waals surface area (Å²) in [6, 6.07) is 0. The first-order valence-electron chi connectivity index (χ1n) is 11.0. The number of aliphatic hydroxyl groups is 3. The van der Waals surface area contributed by atoms with Crippen molar-refractivity contribution < 1.29 is 39.1 Å². The molecule has 3 N–H and O–H groups in total. The highest BCUT2D eigenvalue weighted by Crippen LogP contribution is 2.67. The molecule has 0 amide bonds. The number of methoxy groups -OCH3 is 2. The molecule has 2 saturated heterocycles. The molecule has 8 nitrogen and oxygen atoms in total. The van der Waals surface area contributed by atoms with Crippen LogP contribution in [0.3, 0.4) is 0 Å². The summed E-state index contributed by atoms with van der Waals surface area (Å²) in [5.74, 6) is -0.364. The molecule has 0 bridgehead atoms. The molecule has 0 spiro atoms. The zero-order valence-electron chi connectivity index (χ0n) is 18.6. The van der Waals surface area contributed by atoms with Gasteiger partial charge in [-0.3, -0.25) is 4.79 Å². The summed E-state index contributed by atoms with van der Waals surface area (Å²) in [6.45, 7) is 6.02. The summed E-state index contributed by atoms with van der Waals surface area (Å²) in [7, 11) is 2.79. The van der Waals surface area contributed by atoms with Crippen molar-refractivity contribution in [3.8, 4) is 0 Å². The lowest BCUT2D eigenvalue weighted by molar-refractivity contribution is -0.238. The fraction of sp³-hybridized carbons (Fsp3) is 0.955. The lowest BCUT2D eigenvalue weighted by Gasteiger charge is -2.61. The quantitative estimate of drug-likeness (QED) is 0.562. The Hall–Kier alpha value is -0.770. The van der Waals surface area contributed by atoms with Gasteiger partial charge >= 0.3 is 5.97 Å². The van der Waals surface area contributed by atoms with Gasteiger partial charge in [-0.15, -0.1) is 0 Å². The van der Waals surface area contributed by atoms with Gasteiger partial charge in [-0.2, -0.15) is 0 Å². The zero-order chi connectivity index (χ0) is 22.1. The minimum atomic E-state index is -1.71. The van der Waals surface area contributed by atoms with Crippen LogP contribution in [0.4, 0.5) is 0 Å². The molecule has 2 aliphatic heterocycles. The standard InChI is InChI=1S/C22H36O8/c1-12-11-13-14-19(2,17(24)29-13)7-6-8-20(14,3)22(12,26)10-9-21(25)15(23)16(27-4)30-18(21)28-5/h12-16,18,23,25-26H,6-11H2,1-5H3/t12-,13-,14?,15?,16?,18?,19+,20-,21?,22-/m1/s1. The van der Waals surface area contributed by atoms with E-state index in [1.165, 1.54) is 14.2 Å². The van der Waals surface area contributed by atoms with Crippen LogP contribution < -0.4 is 0 Å². The first-order valence-corrected chi connectivity index (χ1v) is 11.0. The van der Waals surface area contributed by atoms with Gasteiger partial charge in [0, 0.05) is 25.6 Å². The summed E-state index contributed by atoms with van der Waals surface area (Å²) in [5.41, 5.74) is -3.98. The minimum absolute atomic E-state index is 0.0724. The average molecular weight is 429 g/mol. The zero-order valence-corrected chi connectivity index (χ0v) is 18.6. The van der Waals surface area contributed by atoms with Gasteiger partial charge in [-0.05, 0) is 44.9 Å². The molecule has 4 aliphatic rings. The second-order valence-corrected chi connectivity index (χ2v) is 10.4. The molecule has 4 fully saturated rings. The van der Waals surface area contributed by atoms with E-state index in [9.17, 15) is 20.1 Å². The van der Waals surface area contributed by atoms with Crippen molar-refractivity contribution in [3.05, 3.63) is 0 Å². The largest absolute Gasteiger partial charge is 0.462 e. The number of hydrogen-bond acceptors (Lipinski definition) is 8. The summed E-state index contributed by atoms with van der Waals surface area (Å²) in [6.07, 6.45) is -0.257. The van der Waals surface area contributed by atoms with Crippen LogP contribution in [0.25, 0.3) is 0 Å². The summed E-state index contributed by atoms with van der Waals surface area (Å²) < 4.78 is 21.7. The van der Waals surface area contributed by atoms with Crippen LogP contribution in [-0.4, -0.2) is 71.5 Å². The predicted molar refractivity (Wildman–Crippen MR) is 105 cm³/mol. The van der Waals surface area contributed by atoms with Crippen LogP contribution in [0.2, 0.25) is 0 Å². The Morgan fingerprint density at radius 2 is 1.83 bits per heavy atom.